The summed E-state index contributed by atoms with van der Waals surface area (Å²) in [6.07, 6.45) is 2.78. The van der Waals surface area contributed by atoms with Crippen molar-refractivity contribution in [3.63, 3.8) is 0 Å². The van der Waals surface area contributed by atoms with E-state index in [0.29, 0.717) is 28.6 Å². The SMILES string of the molecule is COc1cc(/C=C2\C(=O)NC(=O)N(Cc3ccco3)C2=O)cc(OC)c1OC. The van der Waals surface area contributed by atoms with Gasteiger partial charge in [-0.15, -0.1) is 0 Å². The Morgan fingerprint density at radius 2 is 1.75 bits per heavy atom. The molecule has 1 saturated heterocycles. The monoisotopic (exact) mass is 386 g/mol. The molecule has 1 fully saturated rings. The van der Waals surface area contributed by atoms with Crippen molar-refractivity contribution in [2.45, 2.75) is 6.54 Å². The molecular weight excluding hydrogens is 368 g/mol. The number of urea groups is 1. The Morgan fingerprint density at radius 1 is 1.07 bits per heavy atom. The van der Waals surface area contributed by atoms with Crippen molar-refractivity contribution < 1.29 is 33.0 Å². The molecule has 28 heavy (non-hydrogen) atoms. The number of nitrogens with one attached hydrogen (secondary N) is 1. The largest absolute Gasteiger partial charge is 0.493 e. The number of hydrogen-bond acceptors (Lipinski definition) is 7. The average Bonchev–Trinajstić information content (AvgIpc) is 3.20. The summed E-state index contributed by atoms with van der Waals surface area (Å²) >= 11 is 0. The van der Waals surface area contributed by atoms with E-state index in [1.54, 1.807) is 24.3 Å². The van der Waals surface area contributed by atoms with Crippen LogP contribution in [-0.4, -0.2) is 44.1 Å². The Kier molecular flexibility index (Phi) is 5.35. The molecular formula is C19H18N2O7. The molecule has 0 spiro atoms. The molecule has 9 nitrogen and oxygen atoms in total. The molecule has 0 radical (unpaired) electrons. The minimum absolute atomic E-state index is 0.0997. The lowest BCUT2D eigenvalue weighted by Gasteiger charge is -2.25. The van der Waals surface area contributed by atoms with Gasteiger partial charge in [-0.25, -0.2) is 4.79 Å². The van der Waals surface area contributed by atoms with Crippen LogP contribution in [0.15, 0.2) is 40.5 Å². The lowest BCUT2D eigenvalue weighted by molar-refractivity contribution is -0.130. The molecule has 0 saturated carbocycles. The molecule has 0 atom stereocenters. The third-order valence-electron chi connectivity index (χ3n) is 4.08. The number of carbonyl (C=O) groups is 3. The summed E-state index contributed by atoms with van der Waals surface area (Å²) < 4.78 is 21.0. The van der Waals surface area contributed by atoms with E-state index in [2.05, 4.69) is 5.32 Å². The highest BCUT2D eigenvalue weighted by Crippen LogP contribution is 2.38. The Bertz CT molecular complexity index is 922. The highest BCUT2D eigenvalue weighted by molar-refractivity contribution is 6.30. The van der Waals surface area contributed by atoms with Crippen molar-refractivity contribution in [2.24, 2.45) is 0 Å². The maximum Gasteiger partial charge on any atom is 0.331 e. The van der Waals surface area contributed by atoms with Crippen LogP contribution in [0, 0.1) is 0 Å². The number of benzene rings is 1. The summed E-state index contributed by atoms with van der Waals surface area (Å²) in [5.41, 5.74) is 0.251. The smallest absolute Gasteiger partial charge is 0.331 e. The van der Waals surface area contributed by atoms with Gasteiger partial charge >= 0.3 is 6.03 Å². The number of ether oxygens (including phenoxy) is 3. The molecule has 9 heteroatoms. The van der Waals surface area contributed by atoms with Crippen LogP contribution in [-0.2, 0) is 16.1 Å². The number of barbiturate groups is 1. The van der Waals surface area contributed by atoms with E-state index in [1.165, 1.54) is 33.7 Å². The van der Waals surface area contributed by atoms with Gasteiger partial charge in [0.15, 0.2) is 11.5 Å². The van der Waals surface area contributed by atoms with Crippen LogP contribution in [0.3, 0.4) is 0 Å². The second-order valence-corrected chi connectivity index (χ2v) is 5.75. The minimum atomic E-state index is -0.812. The molecule has 1 aromatic heterocycles. The summed E-state index contributed by atoms with van der Waals surface area (Å²) in [6.45, 7) is -0.0997. The molecule has 1 aliphatic heterocycles. The van der Waals surface area contributed by atoms with E-state index in [1.807, 2.05) is 0 Å². The topological polar surface area (TPSA) is 107 Å². The summed E-state index contributed by atoms with van der Waals surface area (Å²) in [7, 11) is 4.38. The summed E-state index contributed by atoms with van der Waals surface area (Å²) in [4.78, 5) is 38.0. The van der Waals surface area contributed by atoms with Gasteiger partial charge in [0.25, 0.3) is 11.8 Å². The quantitative estimate of drug-likeness (QED) is 0.597. The van der Waals surface area contributed by atoms with Gasteiger partial charge in [-0.3, -0.25) is 19.8 Å². The lowest BCUT2D eigenvalue weighted by Crippen LogP contribution is -2.53. The van der Waals surface area contributed by atoms with Gasteiger partial charge < -0.3 is 18.6 Å². The van der Waals surface area contributed by atoms with Crippen molar-refractivity contribution >= 4 is 23.9 Å². The van der Waals surface area contributed by atoms with Gasteiger partial charge in [0, 0.05) is 0 Å². The van der Waals surface area contributed by atoms with E-state index < -0.39 is 17.8 Å². The molecule has 4 amide bonds. The number of rotatable bonds is 6. The van der Waals surface area contributed by atoms with Gasteiger partial charge in [0.05, 0.1) is 34.1 Å². The average molecular weight is 386 g/mol. The Labute approximate surface area is 160 Å². The molecule has 0 aliphatic carbocycles. The van der Waals surface area contributed by atoms with Crippen LogP contribution >= 0.6 is 0 Å². The van der Waals surface area contributed by atoms with E-state index in [9.17, 15) is 14.4 Å². The first-order valence-corrected chi connectivity index (χ1v) is 8.19. The third-order valence-corrected chi connectivity index (χ3v) is 4.08. The maximum atomic E-state index is 12.8. The molecule has 1 N–H and O–H groups in total. The maximum absolute atomic E-state index is 12.8. The molecule has 0 unspecified atom stereocenters. The zero-order chi connectivity index (χ0) is 20.3. The number of nitrogens with zero attached hydrogens (tertiary/aromatic N) is 1. The van der Waals surface area contributed by atoms with Gasteiger partial charge in [-0.05, 0) is 35.9 Å². The fourth-order valence-corrected chi connectivity index (χ4v) is 2.75. The standard InChI is InChI=1S/C19H18N2O7/c1-25-14-8-11(9-15(26-2)16(14)27-3)7-13-17(22)20-19(24)21(18(13)23)10-12-5-4-6-28-12/h4-9H,10H2,1-3H3,(H,20,22,24)/b13-7+. The number of carbonyl (C=O) groups excluding carboxylic acids is 3. The number of hydrogen-bond donors (Lipinski definition) is 1. The van der Waals surface area contributed by atoms with Gasteiger partial charge in [0.1, 0.15) is 11.3 Å². The van der Waals surface area contributed by atoms with Crippen molar-refractivity contribution in [2.75, 3.05) is 21.3 Å². The highest BCUT2D eigenvalue weighted by atomic mass is 16.5. The summed E-state index contributed by atoms with van der Waals surface area (Å²) in [5.74, 6) is -0.0219. The van der Waals surface area contributed by atoms with Crippen LogP contribution in [0.5, 0.6) is 17.2 Å². The summed E-state index contributed by atoms with van der Waals surface area (Å²) in [6, 6.07) is 5.62. The Morgan fingerprint density at radius 3 is 2.29 bits per heavy atom. The second kappa shape index (κ2) is 7.87. The first-order valence-electron chi connectivity index (χ1n) is 8.19. The fraction of sp³-hybridized carbons (Fsp3) is 0.211. The zero-order valence-electron chi connectivity index (χ0n) is 15.5. The van der Waals surface area contributed by atoms with E-state index in [0.717, 1.165) is 4.90 Å². The number of amides is 4. The predicted octanol–water partition coefficient (Wildman–Crippen LogP) is 1.97. The number of imide groups is 2. The molecule has 2 heterocycles. The fourth-order valence-electron chi connectivity index (χ4n) is 2.75. The molecule has 1 aromatic carbocycles. The van der Waals surface area contributed by atoms with E-state index in [4.69, 9.17) is 18.6 Å². The predicted molar refractivity (Wildman–Crippen MR) is 96.9 cm³/mol. The van der Waals surface area contributed by atoms with Crippen molar-refractivity contribution in [1.82, 2.24) is 10.2 Å². The van der Waals surface area contributed by atoms with Crippen molar-refractivity contribution in [1.29, 1.82) is 0 Å². The first-order chi connectivity index (χ1) is 13.5. The van der Waals surface area contributed by atoms with Crippen LogP contribution in [0.2, 0.25) is 0 Å². The summed E-state index contributed by atoms with van der Waals surface area (Å²) in [5, 5.41) is 2.15. The second-order valence-electron chi connectivity index (χ2n) is 5.75. The Balaban J connectivity index is 1.99. The van der Waals surface area contributed by atoms with Crippen molar-refractivity contribution in [3.05, 3.63) is 47.4 Å². The van der Waals surface area contributed by atoms with Crippen LogP contribution in [0.1, 0.15) is 11.3 Å². The van der Waals surface area contributed by atoms with Crippen molar-refractivity contribution in [3.8, 4) is 17.2 Å². The van der Waals surface area contributed by atoms with Gasteiger partial charge in [-0.2, -0.15) is 0 Å². The molecule has 0 bridgehead atoms. The van der Waals surface area contributed by atoms with Gasteiger partial charge in [-0.1, -0.05) is 0 Å². The molecule has 1 aliphatic rings. The third kappa shape index (κ3) is 3.54. The minimum Gasteiger partial charge on any atom is -0.493 e. The highest BCUT2D eigenvalue weighted by Gasteiger charge is 2.36. The lowest BCUT2D eigenvalue weighted by atomic mass is 10.1. The molecule has 2 aromatic rings. The van der Waals surface area contributed by atoms with E-state index >= 15 is 0 Å². The van der Waals surface area contributed by atoms with Gasteiger partial charge in [0.2, 0.25) is 5.75 Å². The van der Waals surface area contributed by atoms with Crippen LogP contribution < -0.4 is 19.5 Å². The van der Waals surface area contributed by atoms with E-state index in [-0.39, 0.29) is 12.1 Å². The first kappa shape index (κ1) is 19.0. The Hall–Kier alpha value is -3.75. The normalized spacial score (nSPS) is 15.6. The van der Waals surface area contributed by atoms with Crippen LogP contribution in [0.4, 0.5) is 4.79 Å². The molecule has 146 valence electrons. The van der Waals surface area contributed by atoms with Crippen LogP contribution in [0.25, 0.3) is 6.08 Å². The molecule has 3 rings (SSSR count). The number of methoxy groups -OCH3 is 3. The number of furan rings is 1. The zero-order valence-corrected chi connectivity index (χ0v) is 15.5.